The van der Waals surface area contributed by atoms with E-state index in [2.05, 4.69) is 22.1 Å². The molecule has 7 heteroatoms. The predicted molar refractivity (Wildman–Crippen MR) is 107 cm³/mol. The second-order valence-electron chi connectivity index (χ2n) is 7.62. The van der Waals surface area contributed by atoms with Gasteiger partial charge in [-0.05, 0) is 51.4 Å². The maximum atomic E-state index is 11.7. The fourth-order valence-corrected chi connectivity index (χ4v) is 3.92. The number of alkyl carbamates (subject to hydrolysis) is 1. The first kappa shape index (κ1) is 19.5. The van der Waals surface area contributed by atoms with E-state index in [0.29, 0.717) is 6.04 Å². The van der Waals surface area contributed by atoms with Crippen LogP contribution >= 0.6 is 0 Å². The lowest BCUT2D eigenvalue weighted by atomic mass is 9.91. The molecule has 1 amide bonds. The van der Waals surface area contributed by atoms with E-state index in [4.69, 9.17) is 14.7 Å². The first-order chi connectivity index (χ1) is 13.1. The van der Waals surface area contributed by atoms with Gasteiger partial charge >= 0.3 is 6.09 Å². The molecule has 148 valence electrons. The fourth-order valence-electron chi connectivity index (χ4n) is 3.92. The summed E-state index contributed by atoms with van der Waals surface area (Å²) in [4.78, 5) is 23.3. The quantitative estimate of drug-likeness (QED) is 0.746. The minimum Gasteiger partial charge on any atom is -0.445 e. The Morgan fingerprint density at radius 3 is 2.59 bits per heavy atom. The molecule has 2 N–H and O–H groups in total. The molecule has 0 spiro atoms. The fraction of sp³-hybridized carbons (Fsp3) is 0.650. The third-order valence-corrected chi connectivity index (χ3v) is 5.30. The summed E-state index contributed by atoms with van der Waals surface area (Å²) in [5.74, 6) is 1.78. The number of aromatic nitrogens is 2. The molecule has 1 fully saturated rings. The second kappa shape index (κ2) is 9.06. The Hall–Kier alpha value is -2.31. The molecule has 1 heterocycles. The van der Waals surface area contributed by atoms with Crippen LogP contribution in [0.5, 0.6) is 0 Å². The van der Waals surface area contributed by atoms with E-state index in [9.17, 15) is 4.79 Å². The van der Waals surface area contributed by atoms with Crippen molar-refractivity contribution in [1.29, 1.82) is 0 Å². The first-order valence-corrected chi connectivity index (χ1v) is 9.94. The van der Waals surface area contributed by atoms with Crippen molar-refractivity contribution in [3.8, 4) is 0 Å². The zero-order valence-corrected chi connectivity index (χ0v) is 16.5. The summed E-state index contributed by atoms with van der Waals surface area (Å²) in [7, 11) is 4.09. The molecule has 1 aromatic heterocycles. The molecule has 3 rings (SSSR count). The standard InChI is InChI=1S/C20H31N5O2/c1-4-13-27-20(26)22-15-11-9-14(10-12-15)21-19-23-17-8-6-5-7-16(17)18(24-19)25(2)3/h4,14-15H,1,5-13H2,2-3H3,(H,22,26)(H,21,23,24). The van der Waals surface area contributed by atoms with Gasteiger partial charge < -0.3 is 20.3 Å². The number of aryl methyl sites for hydroxylation is 1. The van der Waals surface area contributed by atoms with Gasteiger partial charge in [0.05, 0.1) is 5.69 Å². The van der Waals surface area contributed by atoms with Gasteiger partial charge in [0.25, 0.3) is 0 Å². The molecule has 0 aliphatic heterocycles. The summed E-state index contributed by atoms with van der Waals surface area (Å²) in [6, 6.07) is 0.506. The van der Waals surface area contributed by atoms with Crippen molar-refractivity contribution in [3.63, 3.8) is 0 Å². The van der Waals surface area contributed by atoms with E-state index in [-0.39, 0.29) is 18.7 Å². The van der Waals surface area contributed by atoms with Gasteiger partial charge in [0.1, 0.15) is 12.4 Å². The molecule has 7 nitrogen and oxygen atoms in total. The minimum absolute atomic E-state index is 0.169. The number of anilines is 2. The highest BCUT2D eigenvalue weighted by molar-refractivity contribution is 5.67. The molecule has 0 radical (unpaired) electrons. The van der Waals surface area contributed by atoms with Gasteiger partial charge in [0.2, 0.25) is 5.95 Å². The van der Waals surface area contributed by atoms with Crippen LogP contribution in [0.4, 0.5) is 16.6 Å². The maximum Gasteiger partial charge on any atom is 0.407 e. The molecule has 0 saturated heterocycles. The van der Waals surface area contributed by atoms with Crippen molar-refractivity contribution in [1.82, 2.24) is 15.3 Å². The van der Waals surface area contributed by atoms with Gasteiger partial charge in [0, 0.05) is 31.7 Å². The third-order valence-electron chi connectivity index (χ3n) is 5.30. The van der Waals surface area contributed by atoms with Gasteiger partial charge in [0.15, 0.2) is 0 Å². The number of rotatable bonds is 6. The van der Waals surface area contributed by atoms with Gasteiger partial charge in [-0.15, -0.1) is 0 Å². The second-order valence-corrected chi connectivity index (χ2v) is 7.62. The molecular formula is C20H31N5O2. The van der Waals surface area contributed by atoms with Crippen LogP contribution in [-0.2, 0) is 17.6 Å². The average Bonchev–Trinajstić information content (AvgIpc) is 2.67. The number of ether oxygens (including phenoxy) is 1. The maximum absolute atomic E-state index is 11.7. The van der Waals surface area contributed by atoms with E-state index in [1.54, 1.807) is 6.08 Å². The van der Waals surface area contributed by atoms with E-state index in [1.165, 1.54) is 24.1 Å². The largest absolute Gasteiger partial charge is 0.445 e. The van der Waals surface area contributed by atoms with Crippen molar-refractivity contribution in [2.75, 3.05) is 30.9 Å². The van der Waals surface area contributed by atoms with Gasteiger partial charge in [-0.2, -0.15) is 4.98 Å². The first-order valence-electron chi connectivity index (χ1n) is 9.94. The highest BCUT2D eigenvalue weighted by Crippen LogP contribution is 2.29. The Morgan fingerprint density at radius 2 is 1.89 bits per heavy atom. The number of fused-ring (bicyclic) bond motifs is 1. The summed E-state index contributed by atoms with van der Waals surface area (Å²) in [5, 5.41) is 6.46. The third kappa shape index (κ3) is 5.11. The van der Waals surface area contributed by atoms with Gasteiger partial charge in [-0.1, -0.05) is 12.7 Å². The molecule has 0 atom stereocenters. The normalized spacial score (nSPS) is 21.7. The topological polar surface area (TPSA) is 79.4 Å². The summed E-state index contributed by atoms with van der Waals surface area (Å²) >= 11 is 0. The van der Waals surface area contributed by atoms with Crippen molar-refractivity contribution in [3.05, 3.63) is 23.9 Å². The van der Waals surface area contributed by atoms with Crippen LogP contribution in [0.15, 0.2) is 12.7 Å². The Kier molecular flexibility index (Phi) is 6.53. The smallest absolute Gasteiger partial charge is 0.407 e. The number of nitrogens with one attached hydrogen (secondary N) is 2. The van der Waals surface area contributed by atoms with E-state index in [1.807, 2.05) is 14.1 Å². The molecule has 0 bridgehead atoms. The van der Waals surface area contributed by atoms with Gasteiger partial charge in [-0.3, -0.25) is 0 Å². The van der Waals surface area contributed by atoms with Crippen LogP contribution in [-0.4, -0.2) is 48.8 Å². The zero-order chi connectivity index (χ0) is 19.2. The van der Waals surface area contributed by atoms with Crippen LogP contribution in [0.25, 0.3) is 0 Å². The SMILES string of the molecule is C=CCOC(=O)NC1CCC(Nc2nc3c(c(N(C)C)n2)CCCC3)CC1. The highest BCUT2D eigenvalue weighted by Gasteiger charge is 2.25. The molecule has 27 heavy (non-hydrogen) atoms. The lowest BCUT2D eigenvalue weighted by Gasteiger charge is -2.30. The molecule has 2 aliphatic rings. The lowest BCUT2D eigenvalue weighted by Crippen LogP contribution is -2.40. The van der Waals surface area contributed by atoms with Crippen LogP contribution in [0, 0.1) is 0 Å². The Bertz CT molecular complexity index is 669. The van der Waals surface area contributed by atoms with Crippen LogP contribution in [0.3, 0.4) is 0 Å². The Labute approximate surface area is 161 Å². The number of carbonyl (C=O) groups excluding carboxylic acids is 1. The lowest BCUT2D eigenvalue weighted by molar-refractivity contribution is 0.150. The van der Waals surface area contributed by atoms with Crippen LogP contribution < -0.4 is 15.5 Å². The summed E-state index contributed by atoms with van der Waals surface area (Å²) < 4.78 is 5.00. The Balaban J connectivity index is 1.57. The molecule has 1 aromatic rings. The number of hydrogen-bond donors (Lipinski definition) is 2. The summed E-state index contributed by atoms with van der Waals surface area (Å²) in [6.07, 6.45) is 9.54. The van der Waals surface area contributed by atoms with Crippen molar-refractivity contribution < 1.29 is 9.53 Å². The van der Waals surface area contributed by atoms with E-state index < -0.39 is 0 Å². The highest BCUT2D eigenvalue weighted by atomic mass is 16.5. The number of amides is 1. The average molecular weight is 374 g/mol. The summed E-state index contributed by atoms with van der Waals surface area (Å²) in [5.41, 5.74) is 2.51. The molecule has 0 aromatic carbocycles. The Morgan fingerprint density at radius 1 is 1.19 bits per heavy atom. The number of hydrogen-bond acceptors (Lipinski definition) is 6. The monoisotopic (exact) mass is 373 g/mol. The van der Waals surface area contributed by atoms with E-state index >= 15 is 0 Å². The predicted octanol–water partition coefficient (Wildman–Crippen LogP) is 3.06. The number of carbonyl (C=O) groups is 1. The number of nitrogens with zero attached hydrogens (tertiary/aromatic N) is 3. The van der Waals surface area contributed by atoms with Crippen LogP contribution in [0.2, 0.25) is 0 Å². The van der Waals surface area contributed by atoms with Crippen molar-refractivity contribution in [2.24, 2.45) is 0 Å². The van der Waals surface area contributed by atoms with E-state index in [0.717, 1.165) is 50.3 Å². The molecular weight excluding hydrogens is 342 g/mol. The van der Waals surface area contributed by atoms with Crippen LogP contribution in [0.1, 0.15) is 49.8 Å². The van der Waals surface area contributed by atoms with Gasteiger partial charge in [-0.25, -0.2) is 9.78 Å². The zero-order valence-electron chi connectivity index (χ0n) is 16.5. The molecule has 1 saturated carbocycles. The summed E-state index contributed by atoms with van der Waals surface area (Å²) in [6.45, 7) is 3.79. The molecule has 0 unspecified atom stereocenters. The minimum atomic E-state index is -0.361. The van der Waals surface area contributed by atoms with Crippen molar-refractivity contribution >= 4 is 17.9 Å². The molecule has 2 aliphatic carbocycles. The van der Waals surface area contributed by atoms with Crippen molar-refractivity contribution in [2.45, 2.75) is 63.5 Å².